The van der Waals surface area contributed by atoms with E-state index in [2.05, 4.69) is 5.32 Å². The highest BCUT2D eigenvalue weighted by atomic mass is 35.5. The molecule has 0 saturated heterocycles. The Kier molecular flexibility index (Phi) is 5.08. The van der Waals surface area contributed by atoms with Crippen LogP contribution in [0.3, 0.4) is 0 Å². The molecule has 1 aromatic rings. The van der Waals surface area contributed by atoms with Gasteiger partial charge in [-0.15, -0.1) is 0 Å². The number of benzene rings is 1. The zero-order valence-electron chi connectivity index (χ0n) is 9.25. The first-order valence-electron chi connectivity index (χ1n) is 4.80. The van der Waals surface area contributed by atoms with Gasteiger partial charge in [-0.2, -0.15) is 0 Å². The lowest BCUT2D eigenvalue weighted by Crippen LogP contribution is -2.20. The Morgan fingerprint density at radius 3 is 2.81 bits per heavy atom. The summed E-state index contributed by atoms with van der Waals surface area (Å²) < 4.78 is 10.0. The molecule has 0 radical (unpaired) electrons. The number of nitrogens with one attached hydrogen (secondary N) is 1. The number of rotatable bonds is 5. The molecule has 0 atom stereocenters. The molecule has 0 aromatic heterocycles. The molecule has 5 heteroatoms. The number of esters is 1. The molecule has 0 heterocycles. The number of methoxy groups -OCH3 is 1. The summed E-state index contributed by atoms with van der Waals surface area (Å²) in [5.74, 6) is 0.365. The zero-order valence-corrected chi connectivity index (χ0v) is 10.0. The van der Waals surface area contributed by atoms with Gasteiger partial charge in [-0.05, 0) is 19.2 Å². The molecule has 1 aromatic carbocycles. The van der Waals surface area contributed by atoms with Crippen LogP contribution in [-0.2, 0) is 16.1 Å². The lowest BCUT2D eigenvalue weighted by molar-refractivity contribution is -0.143. The van der Waals surface area contributed by atoms with Crippen LogP contribution in [0.2, 0.25) is 5.02 Å². The highest BCUT2D eigenvalue weighted by Gasteiger charge is 2.05. The van der Waals surface area contributed by atoms with E-state index in [1.165, 1.54) is 0 Å². The number of hydrogen-bond donors (Lipinski definition) is 1. The third kappa shape index (κ3) is 3.72. The van der Waals surface area contributed by atoms with Crippen LogP contribution in [-0.4, -0.2) is 26.7 Å². The minimum atomic E-state index is -0.311. The van der Waals surface area contributed by atoms with Crippen LogP contribution in [0.5, 0.6) is 5.75 Å². The van der Waals surface area contributed by atoms with E-state index in [4.69, 9.17) is 21.1 Å². The molecule has 0 aliphatic rings. The molecule has 0 aliphatic carbocycles. The molecule has 1 rings (SSSR count). The minimum absolute atomic E-state index is 0.170. The summed E-state index contributed by atoms with van der Waals surface area (Å²) in [6, 6.07) is 5.23. The van der Waals surface area contributed by atoms with Crippen LogP contribution in [0.25, 0.3) is 0 Å². The first kappa shape index (κ1) is 12.8. The van der Waals surface area contributed by atoms with Crippen molar-refractivity contribution in [2.24, 2.45) is 0 Å². The monoisotopic (exact) mass is 243 g/mol. The molecule has 0 fully saturated rings. The summed E-state index contributed by atoms with van der Waals surface area (Å²) in [6.07, 6.45) is 0. The van der Waals surface area contributed by atoms with Crippen molar-refractivity contribution in [2.45, 2.75) is 6.61 Å². The van der Waals surface area contributed by atoms with E-state index in [9.17, 15) is 4.79 Å². The van der Waals surface area contributed by atoms with Gasteiger partial charge in [-0.25, -0.2) is 0 Å². The molecule has 4 nitrogen and oxygen atoms in total. The van der Waals surface area contributed by atoms with Gasteiger partial charge in [-0.3, -0.25) is 4.79 Å². The fraction of sp³-hybridized carbons (Fsp3) is 0.364. The third-order valence-corrected chi connectivity index (χ3v) is 2.32. The van der Waals surface area contributed by atoms with Crippen LogP contribution in [0.4, 0.5) is 0 Å². The van der Waals surface area contributed by atoms with Gasteiger partial charge in [0.2, 0.25) is 0 Å². The predicted molar refractivity (Wildman–Crippen MR) is 61.7 cm³/mol. The Morgan fingerprint density at radius 1 is 1.50 bits per heavy atom. The van der Waals surface area contributed by atoms with Crippen LogP contribution < -0.4 is 10.1 Å². The minimum Gasteiger partial charge on any atom is -0.497 e. The molecule has 88 valence electrons. The molecular formula is C11H14ClNO3. The average Bonchev–Trinajstić information content (AvgIpc) is 2.27. The predicted octanol–water partition coefficient (Wildman–Crippen LogP) is 1.61. The first-order valence-corrected chi connectivity index (χ1v) is 5.17. The highest BCUT2D eigenvalue weighted by Crippen LogP contribution is 2.22. The van der Waals surface area contributed by atoms with E-state index in [0.717, 1.165) is 5.56 Å². The summed E-state index contributed by atoms with van der Waals surface area (Å²) in [7, 11) is 3.25. The Morgan fingerprint density at radius 2 is 2.25 bits per heavy atom. The van der Waals surface area contributed by atoms with Crippen molar-refractivity contribution < 1.29 is 14.3 Å². The van der Waals surface area contributed by atoms with Gasteiger partial charge in [0.1, 0.15) is 12.4 Å². The highest BCUT2D eigenvalue weighted by molar-refractivity contribution is 6.31. The molecule has 0 saturated carbocycles. The molecule has 0 spiro atoms. The largest absolute Gasteiger partial charge is 0.497 e. The van der Waals surface area contributed by atoms with Crippen molar-refractivity contribution in [3.63, 3.8) is 0 Å². The van der Waals surface area contributed by atoms with E-state index >= 15 is 0 Å². The van der Waals surface area contributed by atoms with Crippen molar-refractivity contribution in [1.29, 1.82) is 0 Å². The second-order valence-electron chi connectivity index (χ2n) is 3.15. The van der Waals surface area contributed by atoms with Crippen LogP contribution in [0.1, 0.15) is 5.56 Å². The molecule has 0 unspecified atom stereocenters. The van der Waals surface area contributed by atoms with E-state index in [0.29, 0.717) is 10.8 Å². The molecule has 16 heavy (non-hydrogen) atoms. The van der Waals surface area contributed by atoms with Gasteiger partial charge >= 0.3 is 5.97 Å². The molecule has 0 amide bonds. The summed E-state index contributed by atoms with van der Waals surface area (Å²) >= 11 is 5.98. The summed E-state index contributed by atoms with van der Waals surface area (Å²) in [5.41, 5.74) is 0.756. The SMILES string of the molecule is CNCC(=O)OCc1ccc(OC)cc1Cl. The van der Waals surface area contributed by atoms with Gasteiger partial charge in [0.15, 0.2) is 0 Å². The lowest BCUT2D eigenvalue weighted by atomic mass is 10.2. The number of hydrogen-bond acceptors (Lipinski definition) is 4. The standard InChI is InChI=1S/C11H14ClNO3/c1-13-6-11(14)16-7-8-3-4-9(15-2)5-10(8)12/h3-5,13H,6-7H2,1-2H3. The maximum absolute atomic E-state index is 11.1. The van der Waals surface area contributed by atoms with E-state index in [-0.39, 0.29) is 19.1 Å². The molecule has 0 aliphatic heterocycles. The van der Waals surface area contributed by atoms with Crippen molar-refractivity contribution in [3.05, 3.63) is 28.8 Å². The summed E-state index contributed by atoms with van der Waals surface area (Å²) in [6.45, 7) is 0.358. The number of carbonyl (C=O) groups is 1. The number of halogens is 1. The first-order chi connectivity index (χ1) is 7.67. The Bertz CT molecular complexity index is 368. The smallest absolute Gasteiger partial charge is 0.320 e. The van der Waals surface area contributed by atoms with E-state index in [1.807, 2.05) is 0 Å². The Labute approximate surface area is 99.5 Å². The maximum Gasteiger partial charge on any atom is 0.320 e. The van der Waals surface area contributed by atoms with Crippen LogP contribution in [0, 0.1) is 0 Å². The van der Waals surface area contributed by atoms with Crippen LogP contribution in [0.15, 0.2) is 18.2 Å². The third-order valence-electron chi connectivity index (χ3n) is 1.97. The van der Waals surface area contributed by atoms with Gasteiger partial charge < -0.3 is 14.8 Å². The van der Waals surface area contributed by atoms with Gasteiger partial charge in [0.05, 0.1) is 18.7 Å². The number of likely N-dealkylation sites (N-methyl/N-ethyl adjacent to an activating group) is 1. The quantitative estimate of drug-likeness (QED) is 0.799. The topological polar surface area (TPSA) is 47.6 Å². The maximum atomic E-state index is 11.1. The van der Waals surface area contributed by atoms with Crippen molar-refractivity contribution in [1.82, 2.24) is 5.32 Å². The lowest BCUT2D eigenvalue weighted by Gasteiger charge is -2.07. The van der Waals surface area contributed by atoms with E-state index < -0.39 is 0 Å². The average molecular weight is 244 g/mol. The fourth-order valence-electron chi connectivity index (χ4n) is 1.13. The van der Waals surface area contributed by atoms with Crippen molar-refractivity contribution in [2.75, 3.05) is 20.7 Å². The van der Waals surface area contributed by atoms with Crippen molar-refractivity contribution >= 4 is 17.6 Å². The van der Waals surface area contributed by atoms with Crippen LogP contribution >= 0.6 is 11.6 Å². The number of ether oxygens (including phenoxy) is 2. The molecule has 0 bridgehead atoms. The Hall–Kier alpha value is -1.26. The van der Waals surface area contributed by atoms with Gasteiger partial charge in [-0.1, -0.05) is 17.7 Å². The molecule has 1 N–H and O–H groups in total. The Balaban J connectivity index is 2.57. The fourth-order valence-corrected chi connectivity index (χ4v) is 1.35. The second kappa shape index (κ2) is 6.35. The normalized spacial score (nSPS) is 9.94. The summed E-state index contributed by atoms with van der Waals surface area (Å²) in [4.78, 5) is 11.1. The number of carbonyl (C=O) groups excluding carboxylic acids is 1. The molecular weight excluding hydrogens is 230 g/mol. The van der Waals surface area contributed by atoms with E-state index in [1.54, 1.807) is 32.4 Å². The van der Waals surface area contributed by atoms with Crippen molar-refractivity contribution in [3.8, 4) is 5.75 Å². The second-order valence-corrected chi connectivity index (χ2v) is 3.56. The van der Waals surface area contributed by atoms with Gasteiger partial charge in [0.25, 0.3) is 0 Å². The zero-order chi connectivity index (χ0) is 12.0. The van der Waals surface area contributed by atoms with Gasteiger partial charge in [0, 0.05) is 5.56 Å². The summed E-state index contributed by atoms with van der Waals surface area (Å²) in [5, 5.41) is 3.23.